The van der Waals surface area contributed by atoms with Crippen LogP contribution in [-0.4, -0.2) is 26.3 Å². The van der Waals surface area contributed by atoms with Gasteiger partial charge in [-0.25, -0.2) is 0 Å². The van der Waals surface area contributed by atoms with Crippen LogP contribution in [0.2, 0.25) is 5.02 Å². The average Bonchev–Trinajstić information content (AvgIpc) is 3.06. The Balaban J connectivity index is 1.51. The number of fused-ring (bicyclic) bond motifs is 1. The minimum Gasteiger partial charge on any atom is -0.385 e. The van der Waals surface area contributed by atoms with Crippen LogP contribution < -0.4 is 5.32 Å². The summed E-state index contributed by atoms with van der Waals surface area (Å²) in [4.78, 5) is 0. The van der Waals surface area contributed by atoms with Crippen molar-refractivity contribution in [2.45, 2.75) is 38.1 Å². The topological polar surface area (TPSA) is 21.3 Å². The highest BCUT2D eigenvalue weighted by Crippen LogP contribution is 2.48. The third-order valence-electron chi connectivity index (χ3n) is 4.66. The first-order valence-corrected chi connectivity index (χ1v) is 7.58. The van der Waals surface area contributed by atoms with E-state index < -0.39 is 0 Å². The van der Waals surface area contributed by atoms with Gasteiger partial charge in [0.05, 0.1) is 0 Å². The number of benzene rings is 1. The maximum atomic E-state index is 6.05. The lowest BCUT2D eigenvalue weighted by atomic mass is 10.0. The smallest absolute Gasteiger partial charge is 0.0468 e. The zero-order valence-corrected chi connectivity index (χ0v) is 12.3. The third-order valence-corrected chi connectivity index (χ3v) is 4.90. The molecule has 0 saturated heterocycles. The number of nitrogens with one attached hydrogen (secondary N) is 1. The van der Waals surface area contributed by atoms with Crippen LogP contribution in [0.15, 0.2) is 18.2 Å². The predicted octanol–water partition coefficient (Wildman–Crippen LogP) is 3.21. The van der Waals surface area contributed by atoms with Crippen molar-refractivity contribution in [1.29, 1.82) is 0 Å². The van der Waals surface area contributed by atoms with Crippen molar-refractivity contribution in [3.05, 3.63) is 34.3 Å². The van der Waals surface area contributed by atoms with E-state index in [1.165, 1.54) is 30.4 Å². The number of hydrogen-bond acceptors (Lipinski definition) is 2. The maximum absolute atomic E-state index is 6.05. The molecule has 104 valence electrons. The van der Waals surface area contributed by atoms with E-state index in [1.807, 2.05) is 6.07 Å². The van der Waals surface area contributed by atoms with Crippen LogP contribution in [0.3, 0.4) is 0 Å². The molecule has 1 saturated carbocycles. The predicted molar refractivity (Wildman–Crippen MR) is 78.8 cm³/mol. The summed E-state index contributed by atoms with van der Waals surface area (Å²) in [6.07, 6.45) is 6.18. The Hall–Kier alpha value is -0.570. The summed E-state index contributed by atoms with van der Waals surface area (Å²) in [7, 11) is 1.79. The van der Waals surface area contributed by atoms with Crippen molar-refractivity contribution < 1.29 is 4.74 Å². The van der Waals surface area contributed by atoms with Crippen LogP contribution in [-0.2, 0) is 17.6 Å². The number of hydrogen-bond donors (Lipinski definition) is 1. The Morgan fingerprint density at radius 2 is 2.11 bits per heavy atom. The van der Waals surface area contributed by atoms with Gasteiger partial charge in [0.15, 0.2) is 0 Å². The molecule has 2 aliphatic carbocycles. The highest BCUT2D eigenvalue weighted by Gasteiger charge is 2.42. The van der Waals surface area contributed by atoms with Crippen molar-refractivity contribution >= 4 is 11.6 Å². The van der Waals surface area contributed by atoms with Crippen molar-refractivity contribution in [3.8, 4) is 0 Å². The molecule has 0 aromatic heterocycles. The second-order valence-corrected chi connectivity index (χ2v) is 6.58. The molecule has 0 heterocycles. The zero-order chi connectivity index (χ0) is 13.3. The van der Waals surface area contributed by atoms with Crippen LogP contribution in [0.25, 0.3) is 0 Å². The van der Waals surface area contributed by atoms with E-state index in [2.05, 4.69) is 17.4 Å². The summed E-state index contributed by atoms with van der Waals surface area (Å²) in [5.74, 6) is 0. The van der Waals surface area contributed by atoms with Gasteiger partial charge in [-0.05, 0) is 60.8 Å². The molecule has 1 unspecified atom stereocenters. The van der Waals surface area contributed by atoms with Crippen molar-refractivity contribution in [3.63, 3.8) is 0 Å². The Kier molecular flexibility index (Phi) is 3.84. The molecule has 2 aliphatic rings. The van der Waals surface area contributed by atoms with Gasteiger partial charge in [-0.3, -0.25) is 0 Å². The third kappa shape index (κ3) is 3.13. The fourth-order valence-corrected chi connectivity index (χ4v) is 3.30. The fourth-order valence-electron chi connectivity index (χ4n) is 3.10. The quantitative estimate of drug-likeness (QED) is 0.863. The van der Waals surface area contributed by atoms with Gasteiger partial charge in [0.1, 0.15) is 0 Å². The van der Waals surface area contributed by atoms with Crippen LogP contribution in [0.5, 0.6) is 0 Å². The molecule has 2 nitrogen and oxygen atoms in total. The molecule has 0 aliphatic heterocycles. The van der Waals surface area contributed by atoms with Crippen molar-refractivity contribution in [1.82, 2.24) is 5.32 Å². The first kappa shape index (κ1) is 13.4. The average molecular weight is 280 g/mol. The van der Waals surface area contributed by atoms with E-state index in [0.29, 0.717) is 11.5 Å². The minimum absolute atomic E-state index is 0.530. The lowest BCUT2D eigenvalue weighted by Crippen LogP contribution is -2.35. The molecule has 0 bridgehead atoms. The molecular formula is C16H22ClNO. The first-order chi connectivity index (χ1) is 9.21. The molecular weight excluding hydrogens is 258 g/mol. The fraction of sp³-hybridized carbons (Fsp3) is 0.625. The van der Waals surface area contributed by atoms with Crippen molar-refractivity contribution in [2.75, 3.05) is 20.3 Å². The second-order valence-electron chi connectivity index (χ2n) is 6.14. The summed E-state index contributed by atoms with van der Waals surface area (Å²) in [6.45, 7) is 2.03. The van der Waals surface area contributed by atoms with Gasteiger partial charge >= 0.3 is 0 Å². The number of ether oxygens (including phenoxy) is 1. The first-order valence-electron chi connectivity index (χ1n) is 7.20. The summed E-state index contributed by atoms with van der Waals surface area (Å²) in [6, 6.07) is 6.89. The van der Waals surface area contributed by atoms with Gasteiger partial charge in [0.25, 0.3) is 0 Å². The van der Waals surface area contributed by atoms with Gasteiger partial charge in [-0.1, -0.05) is 17.7 Å². The molecule has 1 atom stereocenters. The summed E-state index contributed by atoms with van der Waals surface area (Å²) < 4.78 is 5.21. The largest absolute Gasteiger partial charge is 0.385 e. The van der Waals surface area contributed by atoms with E-state index in [1.54, 1.807) is 7.11 Å². The van der Waals surface area contributed by atoms with Gasteiger partial charge in [0, 0.05) is 31.3 Å². The highest BCUT2D eigenvalue weighted by atomic mass is 35.5. The van der Waals surface area contributed by atoms with Crippen molar-refractivity contribution in [2.24, 2.45) is 5.41 Å². The Labute approximate surface area is 120 Å². The molecule has 0 amide bonds. The summed E-state index contributed by atoms with van der Waals surface area (Å²) in [5.41, 5.74) is 3.41. The lowest BCUT2D eigenvalue weighted by molar-refractivity contribution is 0.170. The molecule has 3 rings (SSSR count). The van der Waals surface area contributed by atoms with Crippen LogP contribution in [0, 0.1) is 5.41 Å². The molecule has 0 radical (unpaired) electrons. The summed E-state index contributed by atoms with van der Waals surface area (Å²) in [5, 5.41) is 4.62. The van der Waals surface area contributed by atoms with Gasteiger partial charge in [-0.2, -0.15) is 0 Å². The molecule has 1 fully saturated rings. The lowest BCUT2D eigenvalue weighted by Gasteiger charge is -2.19. The SMILES string of the molecule is COCCC1(CNC2Cc3ccc(Cl)cc3C2)CC1. The van der Waals surface area contributed by atoms with E-state index >= 15 is 0 Å². The molecule has 19 heavy (non-hydrogen) atoms. The monoisotopic (exact) mass is 279 g/mol. The molecule has 0 spiro atoms. The normalized spacial score (nSPS) is 23.4. The summed E-state index contributed by atoms with van der Waals surface area (Å²) >= 11 is 6.05. The van der Waals surface area contributed by atoms with Crippen LogP contribution in [0.4, 0.5) is 0 Å². The number of methoxy groups -OCH3 is 1. The van der Waals surface area contributed by atoms with Gasteiger partial charge in [0.2, 0.25) is 0 Å². The molecule has 1 N–H and O–H groups in total. The van der Waals surface area contributed by atoms with Gasteiger partial charge in [-0.15, -0.1) is 0 Å². The zero-order valence-electron chi connectivity index (χ0n) is 11.5. The molecule has 1 aromatic carbocycles. The standard InChI is InChI=1S/C16H22ClNO/c1-19-7-6-16(4-5-16)11-18-15-9-12-2-3-14(17)8-13(12)10-15/h2-3,8,15,18H,4-7,9-11H2,1H3. The molecule has 1 aromatic rings. The highest BCUT2D eigenvalue weighted by molar-refractivity contribution is 6.30. The Bertz CT molecular complexity index is 456. The number of rotatable bonds is 6. The van der Waals surface area contributed by atoms with Crippen LogP contribution >= 0.6 is 11.6 Å². The Morgan fingerprint density at radius 3 is 2.84 bits per heavy atom. The minimum atomic E-state index is 0.530. The Morgan fingerprint density at radius 1 is 1.32 bits per heavy atom. The number of halogens is 1. The van der Waals surface area contributed by atoms with Crippen LogP contribution in [0.1, 0.15) is 30.4 Å². The van der Waals surface area contributed by atoms with E-state index in [-0.39, 0.29) is 0 Å². The van der Waals surface area contributed by atoms with Gasteiger partial charge < -0.3 is 10.1 Å². The van der Waals surface area contributed by atoms with E-state index in [4.69, 9.17) is 16.3 Å². The van der Waals surface area contributed by atoms with E-state index in [0.717, 1.165) is 31.0 Å². The maximum Gasteiger partial charge on any atom is 0.0468 e. The van der Waals surface area contributed by atoms with E-state index in [9.17, 15) is 0 Å². The second kappa shape index (κ2) is 5.43. The molecule has 3 heteroatoms.